The van der Waals surface area contributed by atoms with Gasteiger partial charge in [-0.1, -0.05) is 72.5 Å². The molecule has 1 aromatic heterocycles. The number of anilines is 1. The Morgan fingerprint density at radius 2 is 1.79 bits per heavy atom. The lowest BCUT2D eigenvalue weighted by atomic mass is 10.1. The minimum Gasteiger partial charge on any atom is -0.489 e. The van der Waals surface area contributed by atoms with Gasteiger partial charge in [-0.3, -0.25) is 0 Å². The highest BCUT2D eigenvalue weighted by atomic mass is 32.1. The fourth-order valence-corrected chi connectivity index (χ4v) is 3.89. The normalized spacial score (nSPS) is 12.3. The largest absolute Gasteiger partial charge is 0.489 e. The van der Waals surface area contributed by atoms with Crippen molar-refractivity contribution in [2.75, 3.05) is 5.32 Å². The van der Waals surface area contributed by atoms with E-state index in [1.807, 2.05) is 30.3 Å². The van der Waals surface area contributed by atoms with Gasteiger partial charge in [-0.15, -0.1) is 0 Å². The number of ether oxygens (including phenoxy) is 1. The molecule has 1 heterocycles. The van der Waals surface area contributed by atoms with Gasteiger partial charge >= 0.3 is 0 Å². The molecule has 0 spiro atoms. The number of thiazole rings is 1. The van der Waals surface area contributed by atoms with Crippen LogP contribution in [0.2, 0.25) is 0 Å². The highest BCUT2D eigenvalue weighted by molar-refractivity contribution is 7.16. The smallest absolute Gasteiger partial charge is 0.188 e. The molecule has 140 valence electrons. The van der Waals surface area contributed by atoms with E-state index in [0.29, 0.717) is 6.61 Å². The minimum atomic E-state index is 0.575. The van der Waals surface area contributed by atoms with Crippen molar-refractivity contribution in [2.45, 2.75) is 19.4 Å². The number of rotatable bonds is 7. The van der Waals surface area contributed by atoms with Gasteiger partial charge in [0.2, 0.25) is 0 Å². The molecule has 0 amide bonds. The van der Waals surface area contributed by atoms with E-state index in [-0.39, 0.29) is 0 Å². The van der Waals surface area contributed by atoms with E-state index in [1.165, 1.54) is 10.4 Å². The average Bonchev–Trinajstić information content (AvgIpc) is 2.96. The number of nitrogens with one attached hydrogen (secondary N) is 1. The summed E-state index contributed by atoms with van der Waals surface area (Å²) in [4.78, 5) is 5.83. The van der Waals surface area contributed by atoms with Crippen LogP contribution in [0.1, 0.15) is 28.1 Å². The lowest BCUT2D eigenvalue weighted by Crippen LogP contribution is -2.01. The molecule has 4 heteroatoms. The van der Waals surface area contributed by atoms with Gasteiger partial charge in [0.1, 0.15) is 12.4 Å². The summed E-state index contributed by atoms with van der Waals surface area (Å²) in [6, 6.07) is 18.3. The quantitative estimate of drug-likeness (QED) is 0.516. The summed E-state index contributed by atoms with van der Waals surface area (Å²) >= 11 is 1.65. The van der Waals surface area contributed by atoms with E-state index in [2.05, 4.69) is 65.4 Å². The maximum absolute atomic E-state index is 5.85. The molecule has 0 saturated carbocycles. The molecule has 4 rings (SSSR count). The van der Waals surface area contributed by atoms with Gasteiger partial charge in [0, 0.05) is 12.1 Å². The Hall–Kier alpha value is -3.11. The molecule has 0 aliphatic heterocycles. The van der Waals surface area contributed by atoms with Crippen molar-refractivity contribution in [1.29, 1.82) is 0 Å². The molecule has 0 atom stereocenters. The molecule has 0 unspecified atom stereocenters. The van der Waals surface area contributed by atoms with E-state index in [1.54, 1.807) is 11.3 Å². The molecule has 1 N–H and O–H groups in total. The first-order valence-corrected chi connectivity index (χ1v) is 10.1. The second-order valence-electron chi connectivity index (χ2n) is 6.63. The minimum absolute atomic E-state index is 0.575. The summed E-state index contributed by atoms with van der Waals surface area (Å²) in [6.07, 6.45) is 10.2. The number of fused-ring (bicyclic) bond motifs is 1. The Kier molecular flexibility index (Phi) is 5.69. The highest BCUT2D eigenvalue weighted by Crippen LogP contribution is 2.28. The van der Waals surface area contributed by atoms with E-state index in [0.717, 1.165) is 40.7 Å². The van der Waals surface area contributed by atoms with Crippen molar-refractivity contribution in [3.8, 4) is 5.75 Å². The van der Waals surface area contributed by atoms with Crippen molar-refractivity contribution in [1.82, 2.24) is 4.98 Å². The van der Waals surface area contributed by atoms with Crippen molar-refractivity contribution in [2.24, 2.45) is 0 Å². The van der Waals surface area contributed by atoms with Crippen LogP contribution < -0.4 is 10.1 Å². The Morgan fingerprint density at radius 3 is 2.61 bits per heavy atom. The fourth-order valence-electron chi connectivity index (χ4n) is 2.96. The zero-order valence-corrected chi connectivity index (χ0v) is 16.4. The van der Waals surface area contributed by atoms with Gasteiger partial charge in [0.05, 0.1) is 10.6 Å². The van der Waals surface area contributed by atoms with Crippen LogP contribution in [0, 0.1) is 0 Å². The lowest BCUT2D eigenvalue weighted by molar-refractivity contribution is 0.306. The van der Waals surface area contributed by atoms with E-state index in [9.17, 15) is 0 Å². The zero-order valence-electron chi connectivity index (χ0n) is 15.6. The first-order valence-electron chi connectivity index (χ1n) is 9.31. The molecule has 3 aromatic rings. The number of allylic oxidation sites excluding steroid dienone is 3. The second-order valence-corrected chi connectivity index (χ2v) is 7.66. The second kappa shape index (κ2) is 8.72. The van der Waals surface area contributed by atoms with Gasteiger partial charge in [-0.05, 0) is 41.8 Å². The number of hydrogen-bond donors (Lipinski definition) is 1. The van der Waals surface area contributed by atoms with Crippen LogP contribution in [0.4, 0.5) is 5.13 Å². The van der Waals surface area contributed by atoms with Crippen LogP contribution in [0.15, 0.2) is 79.0 Å². The van der Waals surface area contributed by atoms with Crippen LogP contribution >= 0.6 is 11.3 Å². The first-order chi connectivity index (χ1) is 13.8. The summed E-state index contributed by atoms with van der Waals surface area (Å²) in [5.41, 5.74) is 4.29. The Morgan fingerprint density at radius 1 is 1.00 bits per heavy atom. The van der Waals surface area contributed by atoms with Crippen LogP contribution in [-0.4, -0.2) is 4.98 Å². The molecule has 0 fully saturated rings. The predicted octanol–water partition coefficient (Wildman–Crippen LogP) is 6.32. The van der Waals surface area contributed by atoms with Gasteiger partial charge < -0.3 is 10.1 Å². The third-order valence-electron chi connectivity index (χ3n) is 4.37. The molecular formula is C24H22N2OS. The van der Waals surface area contributed by atoms with Gasteiger partial charge in [0.25, 0.3) is 0 Å². The van der Waals surface area contributed by atoms with Crippen LogP contribution in [0.5, 0.6) is 5.75 Å². The van der Waals surface area contributed by atoms with Gasteiger partial charge in [-0.2, -0.15) is 0 Å². The number of benzene rings is 2. The molecule has 1 aliphatic rings. The third-order valence-corrected chi connectivity index (χ3v) is 5.32. The molecule has 0 radical (unpaired) electrons. The average molecular weight is 387 g/mol. The van der Waals surface area contributed by atoms with Crippen LogP contribution in [0.3, 0.4) is 0 Å². The topological polar surface area (TPSA) is 34.1 Å². The Bertz CT molecular complexity index is 971. The van der Waals surface area contributed by atoms with Crippen molar-refractivity contribution >= 4 is 28.6 Å². The fraction of sp³-hybridized carbons (Fsp3) is 0.125. The first kappa shape index (κ1) is 18.3. The molecule has 0 saturated heterocycles. The molecule has 28 heavy (non-hydrogen) atoms. The van der Waals surface area contributed by atoms with E-state index < -0.39 is 0 Å². The number of aromatic nitrogens is 1. The van der Waals surface area contributed by atoms with E-state index >= 15 is 0 Å². The number of hydrogen-bond acceptors (Lipinski definition) is 4. The maximum atomic E-state index is 5.85. The standard InChI is InChI=1S/C24H22N2OS/c1-18(25-24-26-22-10-6-3-7-11-23(22)28-24)16-19-12-14-21(15-13-19)27-17-20-8-4-2-5-9-20/h2,4-15H,1,3,16-17H2,(H,25,26). The summed E-state index contributed by atoms with van der Waals surface area (Å²) < 4.78 is 5.85. The van der Waals surface area contributed by atoms with Gasteiger partial charge in [0.15, 0.2) is 5.13 Å². The number of nitrogens with zero attached hydrogens (tertiary/aromatic N) is 1. The third kappa shape index (κ3) is 4.78. The summed E-state index contributed by atoms with van der Waals surface area (Å²) in [7, 11) is 0. The van der Waals surface area contributed by atoms with E-state index in [4.69, 9.17) is 4.74 Å². The van der Waals surface area contributed by atoms with Crippen LogP contribution in [0.25, 0.3) is 12.2 Å². The van der Waals surface area contributed by atoms with Crippen molar-refractivity contribution < 1.29 is 4.74 Å². The Labute approximate surface area is 169 Å². The Balaban J connectivity index is 1.31. The SMILES string of the molecule is C=C(Cc1ccc(OCc2ccccc2)cc1)Nc1nc2c(s1)C=CCC=C2. The maximum Gasteiger partial charge on any atom is 0.188 e. The summed E-state index contributed by atoms with van der Waals surface area (Å²) in [6.45, 7) is 4.73. The summed E-state index contributed by atoms with van der Waals surface area (Å²) in [5, 5.41) is 4.23. The highest BCUT2D eigenvalue weighted by Gasteiger charge is 2.09. The molecule has 2 aromatic carbocycles. The molecule has 3 nitrogen and oxygen atoms in total. The zero-order chi connectivity index (χ0) is 19.2. The van der Waals surface area contributed by atoms with Gasteiger partial charge in [-0.25, -0.2) is 4.98 Å². The molecular weight excluding hydrogens is 364 g/mol. The summed E-state index contributed by atoms with van der Waals surface area (Å²) in [5.74, 6) is 0.869. The van der Waals surface area contributed by atoms with Crippen molar-refractivity contribution in [3.63, 3.8) is 0 Å². The monoisotopic (exact) mass is 386 g/mol. The lowest BCUT2D eigenvalue weighted by Gasteiger charge is -2.09. The predicted molar refractivity (Wildman–Crippen MR) is 118 cm³/mol. The molecule has 1 aliphatic carbocycles. The van der Waals surface area contributed by atoms with Crippen LogP contribution in [-0.2, 0) is 13.0 Å². The molecule has 0 bridgehead atoms. The van der Waals surface area contributed by atoms with Crippen molar-refractivity contribution in [3.05, 3.63) is 101 Å².